The van der Waals surface area contributed by atoms with Crippen LogP contribution in [0.4, 0.5) is 0 Å². The fourth-order valence-corrected chi connectivity index (χ4v) is 4.22. The van der Waals surface area contributed by atoms with Crippen LogP contribution in [0.5, 0.6) is 11.5 Å². The van der Waals surface area contributed by atoms with Crippen LogP contribution in [-0.2, 0) is 24.1 Å². The van der Waals surface area contributed by atoms with Crippen molar-refractivity contribution >= 4 is 16.9 Å². The molecule has 0 spiro atoms. The molecule has 0 aliphatic carbocycles. The minimum atomic E-state index is -0.873. The van der Waals surface area contributed by atoms with Crippen LogP contribution < -0.4 is 0 Å². The van der Waals surface area contributed by atoms with Crippen LogP contribution in [0, 0.1) is 0 Å². The van der Waals surface area contributed by atoms with E-state index in [2.05, 4.69) is 0 Å². The number of aryl methyl sites for hydroxylation is 1. The summed E-state index contributed by atoms with van der Waals surface area (Å²) in [4.78, 5) is 12.2. The minimum Gasteiger partial charge on any atom is -0.507 e. The summed E-state index contributed by atoms with van der Waals surface area (Å²) in [5, 5.41) is 32.6. The third kappa shape index (κ3) is 5.24. The number of esters is 1. The third-order valence-corrected chi connectivity index (χ3v) is 5.87. The van der Waals surface area contributed by atoms with Gasteiger partial charge in [-0.1, -0.05) is 49.7 Å². The van der Waals surface area contributed by atoms with E-state index in [0.717, 1.165) is 34.9 Å². The Balaban J connectivity index is 1.51. The largest absolute Gasteiger partial charge is 0.507 e. The first kappa shape index (κ1) is 23.4. The summed E-state index contributed by atoms with van der Waals surface area (Å²) in [6.07, 6.45) is 3.04. The van der Waals surface area contributed by atoms with E-state index in [1.807, 2.05) is 48.0 Å². The average Bonchev–Trinajstić information content (AvgIpc) is 3.18. The molecule has 1 aromatic heterocycles. The van der Waals surface area contributed by atoms with Crippen molar-refractivity contribution in [1.29, 1.82) is 0 Å². The quantitative estimate of drug-likeness (QED) is 0.312. The van der Waals surface area contributed by atoms with Crippen LogP contribution >= 0.6 is 0 Å². The van der Waals surface area contributed by atoms with E-state index < -0.39 is 12.1 Å². The van der Waals surface area contributed by atoms with Crippen LogP contribution in [0.3, 0.4) is 0 Å². The molecule has 4 rings (SSSR count). The van der Waals surface area contributed by atoms with Crippen LogP contribution in [-0.4, -0.2) is 38.6 Å². The molecule has 0 fully saturated rings. The minimum absolute atomic E-state index is 0.0654. The number of fused-ring (bicyclic) bond motifs is 1. The van der Waals surface area contributed by atoms with Gasteiger partial charge in [-0.2, -0.15) is 0 Å². The molecule has 3 aromatic carbocycles. The second-order valence-corrected chi connectivity index (χ2v) is 8.48. The lowest BCUT2D eigenvalue weighted by atomic mass is 10.1. The molecule has 4 aromatic rings. The predicted octanol–water partition coefficient (Wildman–Crippen LogP) is 4.81. The lowest BCUT2D eigenvalue weighted by molar-refractivity contribution is 0.0259. The highest BCUT2D eigenvalue weighted by atomic mass is 16.5. The maximum absolute atomic E-state index is 12.2. The Morgan fingerprint density at radius 2 is 1.68 bits per heavy atom. The van der Waals surface area contributed by atoms with E-state index in [-0.39, 0.29) is 24.7 Å². The lowest BCUT2D eigenvalue weighted by Crippen LogP contribution is -2.20. The first-order valence-corrected chi connectivity index (χ1v) is 11.5. The van der Waals surface area contributed by atoms with Crippen molar-refractivity contribution in [3.8, 4) is 11.5 Å². The van der Waals surface area contributed by atoms with Gasteiger partial charge >= 0.3 is 5.97 Å². The molecule has 1 atom stereocenters. The van der Waals surface area contributed by atoms with Gasteiger partial charge in [0.2, 0.25) is 0 Å². The van der Waals surface area contributed by atoms with Crippen molar-refractivity contribution in [3.63, 3.8) is 0 Å². The van der Waals surface area contributed by atoms with E-state index >= 15 is 0 Å². The smallest absolute Gasteiger partial charge is 0.338 e. The fraction of sp³-hybridized carbons (Fsp3) is 0.250. The maximum atomic E-state index is 12.2. The van der Waals surface area contributed by atoms with E-state index in [4.69, 9.17) is 4.74 Å². The third-order valence-electron chi connectivity index (χ3n) is 5.87. The Bertz CT molecular complexity index is 1260. The van der Waals surface area contributed by atoms with Crippen molar-refractivity contribution in [2.45, 2.75) is 38.8 Å². The maximum Gasteiger partial charge on any atom is 0.338 e. The molecule has 6 heteroatoms. The van der Waals surface area contributed by atoms with Gasteiger partial charge in [-0.25, -0.2) is 4.79 Å². The zero-order valence-electron chi connectivity index (χ0n) is 19.1. The Morgan fingerprint density at radius 3 is 2.38 bits per heavy atom. The molecule has 0 aliphatic heterocycles. The zero-order chi connectivity index (χ0) is 24.1. The first-order chi connectivity index (χ1) is 16.5. The molecule has 1 heterocycles. The second-order valence-electron chi connectivity index (χ2n) is 8.48. The van der Waals surface area contributed by atoms with Crippen molar-refractivity contribution in [1.82, 2.24) is 4.57 Å². The molecule has 0 saturated carbocycles. The fourth-order valence-electron chi connectivity index (χ4n) is 4.22. The lowest BCUT2D eigenvalue weighted by Gasteiger charge is -2.12. The van der Waals surface area contributed by atoms with Gasteiger partial charge in [0.1, 0.15) is 18.1 Å². The highest BCUT2D eigenvalue weighted by Gasteiger charge is 2.17. The number of phenolic OH excluding ortho intramolecular Hbond substituents is 2. The number of rotatable bonds is 9. The molecule has 6 nitrogen and oxygen atoms in total. The number of hydrogen-bond donors (Lipinski definition) is 3. The molecule has 0 unspecified atom stereocenters. The molecule has 0 saturated heterocycles. The molecular formula is C28H29NO5. The number of ether oxygens (including phenoxy) is 1. The van der Waals surface area contributed by atoms with Gasteiger partial charge in [0.05, 0.1) is 23.8 Å². The predicted molar refractivity (Wildman–Crippen MR) is 131 cm³/mol. The molecule has 0 amide bonds. The van der Waals surface area contributed by atoms with Gasteiger partial charge < -0.3 is 24.6 Å². The SMILES string of the molecule is CCCc1cc(O)c(Cn2cc(C[C@H](O)COC(=O)c3ccccc3)c3ccccc32)c(O)c1. The highest BCUT2D eigenvalue weighted by Crippen LogP contribution is 2.32. The van der Waals surface area contributed by atoms with Crippen molar-refractivity contribution in [2.75, 3.05) is 6.61 Å². The molecule has 34 heavy (non-hydrogen) atoms. The summed E-state index contributed by atoms with van der Waals surface area (Å²) in [5.41, 5.74) is 3.59. The highest BCUT2D eigenvalue weighted by molar-refractivity contribution is 5.89. The number of carbonyl (C=O) groups is 1. The Morgan fingerprint density at radius 1 is 1.00 bits per heavy atom. The summed E-state index contributed by atoms with van der Waals surface area (Å²) in [6.45, 7) is 2.21. The Labute approximate surface area is 198 Å². The van der Waals surface area contributed by atoms with Gasteiger partial charge in [-0.05, 0) is 47.9 Å². The van der Waals surface area contributed by atoms with Gasteiger partial charge in [-0.3, -0.25) is 0 Å². The van der Waals surface area contributed by atoms with Crippen LogP contribution in [0.15, 0.2) is 72.9 Å². The summed E-state index contributed by atoms with van der Waals surface area (Å²) < 4.78 is 7.22. The van der Waals surface area contributed by atoms with Crippen LogP contribution in [0.25, 0.3) is 10.9 Å². The van der Waals surface area contributed by atoms with Crippen molar-refractivity contribution in [3.05, 3.63) is 95.2 Å². The molecular weight excluding hydrogens is 430 g/mol. The number of benzene rings is 3. The van der Waals surface area contributed by atoms with Gasteiger partial charge in [0.15, 0.2) is 0 Å². The number of hydrogen-bond acceptors (Lipinski definition) is 5. The summed E-state index contributed by atoms with van der Waals surface area (Å²) in [6, 6.07) is 19.9. The van der Waals surface area contributed by atoms with Crippen LogP contribution in [0.1, 0.15) is 40.4 Å². The number of aromatic nitrogens is 1. The van der Waals surface area contributed by atoms with E-state index in [1.165, 1.54) is 0 Å². The van der Waals surface area contributed by atoms with E-state index in [1.54, 1.807) is 36.4 Å². The molecule has 0 radical (unpaired) electrons. The summed E-state index contributed by atoms with van der Waals surface area (Å²) in [5.74, 6) is -0.342. The number of phenols is 2. The van der Waals surface area contributed by atoms with E-state index in [0.29, 0.717) is 17.5 Å². The average molecular weight is 460 g/mol. The molecule has 176 valence electrons. The van der Waals surface area contributed by atoms with Crippen molar-refractivity contribution in [2.24, 2.45) is 0 Å². The number of nitrogens with zero attached hydrogens (tertiary/aromatic N) is 1. The Hall–Kier alpha value is -3.77. The first-order valence-electron chi connectivity index (χ1n) is 11.5. The molecule has 3 N–H and O–H groups in total. The van der Waals surface area contributed by atoms with Crippen LogP contribution in [0.2, 0.25) is 0 Å². The van der Waals surface area contributed by atoms with E-state index in [9.17, 15) is 20.1 Å². The molecule has 0 bridgehead atoms. The van der Waals surface area contributed by atoms with Gasteiger partial charge in [0.25, 0.3) is 0 Å². The number of para-hydroxylation sites is 1. The topological polar surface area (TPSA) is 91.9 Å². The summed E-state index contributed by atoms with van der Waals surface area (Å²) in [7, 11) is 0. The van der Waals surface area contributed by atoms with Crippen molar-refractivity contribution < 1.29 is 24.9 Å². The summed E-state index contributed by atoms with van der Waals surface area (Å²) >= 11 is 0. The number of aliphatic hydroxyl groups excluding tert-OH is 1. The Kier molecular flexibility index (Phi) is 7.18. The normalized spacial score (nSPS) is 12.1. The standard InChI is InChI=1S/C28H29NO5/c1-2-8-19-13-26(31)24(27(32)14-19)17-29-16-21(23-11-6-7-12-25(23)29)15-22(30)18-34-28(33)20-9-4-3-5-10-20/h3-7,9-14,16,22,30-32H,2,8,15,17-18H2,1H3/t22-/m0/s1. The van der Waals surface area contributed by atoms with Gasteiger partial charge in [-0.15, -0.1) is 0 Å². The number of aromatic hydroxyl groups is 2. The number of carbonyl (C=O) groups excluding carboxylic acids is 1. The molecule has 0 aliphatic rings. The van der Waals surface area contributed by atoms with Gasteiger partial charge in [0, 0.05) is 23.5 Å². The number of aliphatic hydroxyl groups is 1. The second kappa shape index (κ2) is 10.4. The zero-order valence-corrected chi connectivity index (χ0v) is 19.1. The monoisotopic (exact) mass is 459 g/mol.